The molecular weight excluding hydrogens is 280 g/mol. The predicted octanol–water partition coefficient (Wildman–Crippen LogP) is -0.192. The average molecular weight is 298 g/mol. The molecule has 8 heteroatoms. The van der Waals surface area contributed by atoms with Crippen molar-refractivity contribution in [2.75, 3.05) is 14.2 Å². The predicted molar refractivity (Wildman–Crippen MR) is 73.6 cm³/mol. The SMILES string of the molecule is C#CC(CC(=C)CC(NC)C(=O)O)(NC(=O)OC)C(=O)O. The summed E-state index contributed by atoms with van der Waals surface area (Å²) in [6.07, 6.45) is 3.84. The first kappa shape index (κ1) is 18.5. The largest absolute Gasteiger partial charge is 0.480 e. The lowest BCUT2D eigenvalue weighted by atomic mass is 9.89. The summed E-state index contributed by atoms with van der Waals surface area (Å²) in [6, 6.07) is -0.931. The summed E-state index contributed by atoms with van der Waals surface area (Å²) in [5.41, 5.74) is -1.78. The van der Waals surface area contributed by atoms with Crippen LogP contribution in [0.3, 0.4) is 0 Å². The number of carbonyl (C=O) groups is 3. The molecule has 0 saturated heterocycles. The van der Waals surface area contributed by atoms with Crippen LogP contribution in [-0.2, 0) is 14.3 Å². The molecule has 0 aliphatic rings. The number of ether oxygens (including phenoxy) is 1. The Balaban J connectivity index is 5.11. The molecular formula is C13H18N2O6. The van der Waals surface area contributed by atoms with Crippen molar-refractivity contribution >= 4 is 18.0 Å². The number of carboxylic acids is 2. The van der Waals surface area contributed by atoms with Gasteiger partial charge in [-0.3, -0.25) is 10.1 Å². The second-order valence-corrected chi connectivity index (χ2v) is 4.28. The lowest BCUT2D eigenvalue weighted by molar-refractivity contribution is -0.142. The number of terminal acetylenes is 1. The zero-order chi connectivity index (χ0) is 16.6. The molecule has 0 aromatic rings. The first-order chi connectivity index (χ1) is 9.72. The summed E-state index contributed by atoms with van der Waals surface area (Å²) in [5, 5.41) is 22.8. The van der Waals surface area contributed by atoms with E-state index in [1.54, 1.807) is 0 Å². The Labute approximate surface area is 122 Å². The van der Waals surface area contributed by atoms with Crippen LogP contribution in [-0.4, -0.2) is 54.0 Å². The van der Waals surface area contributed by atoms with Gasteiger partial charge in [0.05, 0.1) is 7.11 Å². The number of carbonyl (C=O) groups excluding carboxylic acids is 1. The Bertz CT molecular complexity index is 482. The fraction of sp³-hybridized carbons (Fsp3) is 0.462. The Morgan fingerprint density at radius 2 is 2.00 bits per heavy atom. The second-order valence-electron chi connectivity index (χ2n) is 4.28. The van der Waals surface area contributed by atoms with E-state index >= 15 is 0 Å². The molecule has 0 aliphatic carbocycles. The number of aliphatic carboxylic acids is 2. The van der Waals surface area contributed by atoms with Crippen molar-refractivity contribution in [2.24, 2.45) is 0 Å². The number of carboxylic acid groups (broad SMARTS) is 2. The van der Waals surface area contributed by atoms with Gasteiger partial charge in [-0.15, -0.1) is 6.42 Å². The van der Waals surface area contributed by atoms with Gasteiger partial charge in [0.2, 0.25) is 5.54 Å². The maximum absolute atomic E-state index is 11.3. The first-order valence-corrected chi connectivity index (χ1v) is 5.86. The van der Waals surface area contributed by atoms with E-state index in [1.165, 1.54) is 7.05 Å². The van der Waals surface area contributed by atoms with Crippen LogP contribution >= 0.6 is 0 Å². The summed E-state index contributed by atoms with van der Waals surface area (Å²) in [5.74, 6) is -0.583. The fourth-order valence-corrected chi connectivity index (χ4v) is 1.60. The maximum atomic E-state index is 11.3. The topological polar surface area (TPSA) is 125 Å². The van der Waals surface area contributed by atoms with Crippen LogP contribution in [0.5, 0.6) is 0 Å². The molecule has 0 heterocycles. The third-order valence-corrected chi connectivity index (χ3v) is 2.77. The van der Waals surface area contributed by atoms with Gasteiger partial charge < -0.3 is 20.3 Å². The van der Waals surface area contributed by atoms with Crippen molar-refractivity contribution in [2.45, 2.75) is 24.4 Å². The van der Waals surface area contributed by atoms with E-state index in [0.717, 1.165) is 7.11 Å². The van der Waals surface area contributed by atoms with E-state index < -0.39 is 29.6 Å². The van der Waals surface area contributed by atoms with Crippen molar-refractivity contribution in [3.63, 3.8) is 0 Å². The maximum Gasteiger partial charge on any atom is 0.408 e. The molecule has 2 atom stereocenters. The number of rotatable bonds is 8. The van der Waals surface area contributed by atoms with Crippen LogP contribution in [0, 0.1) is 12.3 Å². The molecule has 21 heavy (non-hydrogen) atoms. The van der Waals surface area contributed by atoms with Gasteiger partial charge in [-0.2, -0.15) is 0 Å². The standard InChI is InChI=1S/C13H18N2O6/c1-5-13(11(18)19,15-12(20)21-4)7-8(2)6-9(14-3)10(16)17/h1,9,14H,2,6-7H2,3-4H3,(H,15,20)(H,16,17)(H,18,19). The second kappa shape index (κ2) is 7.91. The fourth-order valence-electron chi connectivity index (χ4n) is 1.60. The van der Waals surface area contributed by atoms with Gasteiger partial charge in [-0.05, 0) is 13.5 Å². The van der Waals surface area contributed by atoms with Crippen molar-refractivity contribution in [1.29, 1.82) is 0 Å². The van der Waals surface area contributed by atoms with Crippen molar-refractivity contribution < 1.29 is 29.3 Å². The third-order valence-electron chi connectivity index (χ3n) is 2.77. The van der Waals surface area contributed by atoms with E-state index in [1.807, 2.05) is 5.92 Å². The summed E-state index contributed by atoms with van der Waals surface area (Å²) in [7, 11) is 2.51. The van der Waals surface area contributed by atoms with Gasteiger partial charge in [0, 0.05) is 6.42 Å². The van der Waals surface area contributed by atoms with Crippen LogP contribution in [0.4, 0.5) is 4.79 Å². The highest BCUT2D eigenvalue weighted by molar-refractivity contribution is 5.88. The Morgan fingerprint density at radius 3 is 2.33 bits per heavy atom. The van der Waals surface area contributed by atoms with Gasteiger partial charge >= 0.3 is 18.0 Å². The average Bonchev–Trinajstić information content (AvgIpc) is 2.42. The van der Waals surface area contributed by atoms with Gasteiger partial charge in [0.15, 0.2) is 0 Å². The summed E-state index contributed by atoms with van der Waals surface area (Å²) >= 11 is 0. The lowest BCUT2D eigenvalue weighted by Crippen LogP contribution is -2.54. The molecule has 0 rings (SSSR count). The van der Waals surface area contributed by atoms with Crippen molar-refractivity contribution in [3.05, 3.63) is 12.2 Å². The number of likely N-dealkylation sites (N-methyl/N-ethyl adjacent to an activating group) is 1. The minimum atomic E-state index is -2.04. The number of nitrogens with one attached hydrogen (secondary N) is 2. The normalized spacial score (nSPS) is 14.1. The minimum absolute atomic E-state index is 0.0363. The van der Waals surface area contributed by atoms with Gasteiger partial charge in [-0.1, -0.05) is 18.1 Å². The van der Waals surface area contributed by atoms with Gasteiger partial charge in [-0.25, -0.2) is 9.59 Å². The zero-order valence-corrected chi connectivity index (χ0v) is 11.8. The number of hydrogen-bond donors (Lipinski definition) is 4. The summed E-state index contributed by atoms with van der Waals surface area (Å²) in [6.45, 7) is 3.62. The summed E-state index contributed by atoms with van der Waals surface area (Å²) < 4.78 is 4.33. The van der Waals surface area contributed by atoms with Crippen molar-refractivity contribution in [1.82, 2.24) is 10.6 Å². The number of hydrogen-bond acceptors (Lipinski definition) is 5. The lowest BCUT2D eigenvalue weighted by Gasteiger charge is -2.26. The van der Waals surface area contributed by atoms with E-state index in [0.29, 0.717) is 0 Å². The number of alkyl carbamates (subject to hydrolysis) is 1. The minimum Gasteiger partial charge on any atom is -0.480 e. The van der Waals surface area contributed by atoms with Crippen LogP contribution in [0.1, 0.15) is 12.8 Å². The highest BCUT2D eigenvalue weighted by atomic mass is 16.5. The highest BCUT2D eigenvalue weighted by Crippen LogP contribution is 2.20. The molecule has 0 aliphatic heterocycles. The smallest absolute Gasteiger partial charge is 0.408 e. The van der Waals surface area contributed by atoms with Gasteiger partial charge in [0.1, 0.15) is 6.04 Å². The number of methoxy groups -OCH3 is 1. The molecule has 0 aromatic carbocycles. The van der Waals surface area contributed by atoms with E-state index in [2.05, 4.69) is 21.9 Å². The highest BCUT2D eigenvalue weighted by Gasteiger charge is 2.39. The molecule has 0 spiro atoms. The summed E-state index contributed by atoms with van der Waals surface area (Å²) in [4.78, 5) is 33.5. The molecule has 0 radical (unpaired) electrons. The molecule has 0 aromatic heterocycles. The van der Waals surface area contributed by atoms with Gasteiger partial charge in [0.25, 0.3) is 0 Å². The van der Waals surface area contributed by atoms with E-state index in [-0.39, 0.29) is 18.4 Å². The molecule has 4 N–H and O–H groups in total. The number of amides is 1. The first-order valence-electron chi connectivity index (χ1n) is 5.86. The third kappa shape index (κ3) is 5.16. The molecule has 2 unspecified atom stereocenters. The van der Waals surface area contributed by atoms with E-state index in [4.69, 9.17) is 11.5 Å². The van der Waals surface area contributed by atoms with Crippen LogP contribution in [0.2, 0.25) is 0 Å². The van der Waals surface area contributed by atoms with E-state index in [9.17, 15) is 19.5 Å². The Hall–Kier alpha value is -2.53. The molecule has 1 amide bonds. The van der Waals surface area contributed by atoms with Crippen LogP contribution in [0.15, 0.2) is 12.2 Å². The molecule has 0 fully saturated rings. The Kier molecular flexibility index (Phi) is 6.96. The van der Waals surface area contributed by atoms with Crippen LogP contribution < -0.4 is 10.6 Å². The Morgan fingerprint density at radius 1 is 1.43 bits per heavy atom. The van der Waals surface area contributed by atoms with Crippen molar-refractivity contribution in [3.8, 4) is 12.3 Å². The molecule has 8 nitrogen and oxygen atoms in total. The quantitative estimate of drug-likeness (QED) is 0.361. The van der Waals surface area contributed by atoms with Crippen LogP contribution in [0.25, 0.3) is 0 Å². The zero-order valence-electron chi connectivity index (χ0n) is 11.8. The molecule has 0 saturated carbocycles. The monoisotopic (exact) mass is 298 g/mol. The molecule has 116 valence electrons. The molecule has 0 bridgehead atoms.